The van der Waals surface area contributed by atoms with Gasteiger partial charge in [-0.05, 0) is 116 Å². The molecule has 0 fully saturated rings. The predicted molar refractivity (Wildman–Crippen MR) is 231 cm³/mol. The van der Waals surface area contributed by atoms with E-state index in [0.29, 0.717) is 0 Å². The molecule has 262 valence electrons. The van der Waals surface area contributed by atoms with Gasteiger partial charge in [0, 0.05) is 16.8 Å². The molecular formula is C52H32N2O2. The number of nitrogens with zero attached hydrogens (tertiary/aromatic N) is 2. The molecule has 2 heterocycles. The SMILES string of the molecule is c1ccc(N2c3cc(-c4ccc5c(c4)Oc4ccccc4N5c4ccc5c6ccccc6c6ccccc6c5c4)ccc3Oc3c2ccc2ccccc32)cc1. The molecule has 0 atom stereocenters. The van der Waals surface area contributed by atoms with E-state index in [4.69, 9.17) is 9.47 Å². The normalized spacial score (nSPS) is 12.9. The molecule has 2 aliphatic rings. The molecule has 0 N–H and O–H groups in total. The average molecular weight is 717 g/mol. The second kappa shape index (κ2) is 12.0. The second-order valence-corrected chi connectivity index (χ2v) is 14.5. The minimum absolute atomic E-state index is 0.801. The summed E-state index contributed by atoms with van der Waals surface area (Å²) in [6.07, 6.45) is 0. The lowest BCUT2D eigenvalue weighted by atomic mass is 9.94. The molecule has 4 nitrogen and oxygen atoms in total. The molecule has 0 aromatic heterocycles. The second-order valence-electron chi connectivity index (χ2n) is 14.5. The molecule has 0 saturated heterocycles. The first-order valence-corrected chi connectivity index (χ1v) is 19.0. The van der Waals surface area contributed by atoms with Gasteiger partial charge in [0.2, 0.25) is 0 Å². The predicted octanol–water partition coefficient (Wildman–Crippen LogP) is 15.1. The zero-order valence-electron chi connectivity index (χ0n) is 30.2. The third kappa shape index (κ3) is 4.60. The molecule has 0 radical (unpaired) electrons. The summed E-state index contributed by atoms with van der Waals surface area (Å²) >= 11 is 0. The van der Waals surface area contributed by atoms with E-state index < -0.39 is 0 Å². The molecule has 0 aliphatic carbocycles. The van der Waals surface area contributed by atoms with E-state index in [1.54, 1.807) is 0 Å². The van der Waals surface area contributed by atoms with Crippen LogP contribution in [0.3, 0.4) is 0 Å². The van der Waals surface area contributed by atoms with E-state index in [9.17, 15) is 0 Å². The van der Waals surface area contributed by atoms with E-state index in [0.717, 1.165) is 79.0 Å². The summed E-state index contributed by atoms with van der Waals surface area (Å²) in [6, 6.07) is 68.9. The summed E-state index contributed by atoms with van der Waals surface area (Å²) in [6.45, 7) is 0. The van der Waals surface area contributed by atoms with Crippen LogP contribution in [0.2, 0.25) is 0 Å². The van der Waals surface area contributed by atoms with Gasteiger partial charge in [-0.3, -0.25) is 0 Å². The van der Waals surface area contributed by atoms with Crippen LogP contribution in [0.15, 0.2) is 194 Å². The standard InChI is InChI=1S/C52H32N2O2/c1-2-13-36(14-3-1)53-47-28-22-33-12-4-5-15-38(33)52(47)56-50-29-24-34(30-48(50)53)35-23-27-46-51(31-35)55-49-21-11-10-20-45(49)54(46)37-25-26-43-41-18-7-6-16-39(41)40-17-8-9-19-42(40)44(43)32-37/h1-32H. The van der Waals surface area contributed by atoms with Gasteiger partial charge in [0.15, 0.2) is 23.0 Å². The van der Waals surface area contributed by atoms with Crippen LogP contribution in [-0.4, -0.2) is 0 Å². The summed E-state index contributed by atoms with van der Waals surface area (Å²) < 4.78 is 13.5. The van der Waals surface area contributed by atoms with E-state index in [-0.39, 0.29) is 0 Å². The number of ether oxygens (including phenoxy) is 2. The molecule has 2 aliphatic heterocycles. The number of para-hydroxylation sites is 3. The van der Waals surface area contributed by atoms with Gasteiger partial charge in [-0.15, -0.1) is 0 Å². The Morgan fingerprint density at radius 2 is 0.857 bits per heavy atom. The molecular weight excluding hydrogens is 685 g/mol. The van der Waals surface area contributed by atoms with Crippen LogP contribution in [0.4, 0.5) is 34.1 Å². The maximum Gasteiger partial charge on any atom is 0.159 e. The van der Waals surface area contributed by atoms with Crippen LogP contribution in [0.1, 0.15) is 0 Å². The van der Waals surface area contributed by atoms with Gasteiger partial charge in [0.05, 0.1) is 22.7 Å². The smallest absolute Gasteiger partial charge is 0.159 e. The third-order valence-corrected chi connectivity index (χ3v) is 11.4. The largest absolute Gasteiger partial charge is 0.453 e. The van der Waals surface area contributed by atoms with Crippen LogP contribution in [0, 0.1) is 0 Å². The van der Waals surface area contributed by atoms with Crippen molar-refractivity contribution in [2.24, 2.45) is 0 Å². The highest BCUT2D eigenvalue weighted by Gasteiger charge is 2.30. The maximum atomic E-state index is 6.73. The lowest BCUT2D eigenvalue weighted by molar-refractivity contribution is 0.477. The van der Waals surface area contributed by atoms with Gasteiger partial charge in [0.25, 0.3) is 0 Å². The monoisotopic (exact) mass is 716 g/mol. The van der Waals surface area contributed by atoms with Crippen LogP contribution in [-0.2, 0) is 0 Å². The fourth-order valence-corrected chi connectivity index (χ4v) is 8.82. The number of benzene rings is 10. The Labute approximate surface area is 323 Å². The van der Waals surface area contributed by atoms with Gasteiger partial charge in [-0.2, -0.15) is 0 Å². The average Bonchev–Trinajstić information content (AvgIpc) is 3.27. The lowest BCUT2D eigenvalue weighted by Gasteiger charge is -2.34. The number of rotatable bonds is 3. The number of fused-ring (bicyclic) bond motifs is 12. The Kier molecular flexibility index (Phi) is 6.60. The number of hydrogen-bond acceptors (Lipinski definition) is 4. The Hall–Kier alpha value is -7.56. The summed E-state index contributed by atoms with van der Waals surface area (Å²) in [4.78, 5) is 4.64. The quantitative estimate of drug-likeness (QED) is 0.170. The molecule has 56 heavy (non-hydrogen) atoms. The van der Waals surface area contributed by atoms with Crippen molar-refractivity contribution in [3.05, 3.63) is 194 Å². The topological polar surface area (TPSA) is 24.9 Å². The summed E-state index contributed by atoms with van der Waals surface area (Å²) in [7, 11) is 0. The van der Waals surface area contributed by atoms with E-state index >= 15 is 0 Å². The molecule has 0 saturated carbocycles. The Morgan fingerprint density at radius 3 is 1.66 bits per heavy atom. The van der Waals surface area contributed by atoms with Crippen molar-refractivity contribution in [2.75, 3.05) is 9.80 Å². The zero-order valence-corrected chi connectivity index (χ0v) is 30.2. The minimum Gasteiger partial charge on any atom is -0.453 e. The fourth-order valence-electron chi connectivity index (χ4n) is 8.82. The zero-order chi connectivity index (χ0) is 36.7. The van der Waals surface area contributed by atoms with Gasteiger partial charge in [-0.1, -0.05) is 127 Å². The van der Waals surface area contributed by atoms with E-state index in [1.807, 2.05) is 6.07 Å². The molecule has 12 rings (SSSR count). The summed E-state index contributed by atoms with van der Waals surface area (Å²) in [5.74, 6) is 3.30. The molecule has 0 amide bonds. The molecule has 0 unspecified atom stereocenters. The minimum atomic E-state index is 0.801. The van der Waals surface area contributed by atoms with Crippen molar-refractivity contribution in [1.82, 2.24) is 0 Å². The summed E-state index contributed by atoms with van der Waals surface area (Å²) in [5, 5.41) is 9.76. The Balaban J connectivity index is 0.997. The first-order chi connectivity index (χ1) is 27.8. The first kappa shape index (κ1) is 30.9. The fraction of sp³-hybridized carbons (Fsp3) is 0. The van der Waals surface area contributed by atoms with Gasteiger partial charge in [0.1, 0.15) is 0 Å². The summed E-state index contributed by atoms with van der Waals surface area (Å²) in [5.41, 5.74) is 8.27. The highest BCUT2D eigenvalue weighted by molar-refractivity contribution is 6.25. The number of hydrogen-bond donors (Lipinski definition) is 0. The van der Waals surface area contributed by atoms with Gasteiger partial charge in [-0.25, -0.2) is 0 Å². The van der Waals surface area contributed by atoms with Crippen LogP contribution < -0.4 is 19.3 Å². The number of anilines is 6. The Bertz CT molecular complexity index is 3190. The van der Waals surface area contributed by atoms with Gasteiger partial charge >= 0.3 is 0 Å². The molecule has 0 spiro atoms. The maximum absolute atomic E-state index is 6.73. The lowest BCUT2D eigenvalue weighted by Crippen LogP contribution is -2.16. The van der Waals surface area contributed by atoms with Crippen LogP contribution in [0.25, 0.3) is 54.2 Å². The molecule has 4 heteroatoms. The van der Waals surface area contributed by atoms with Crippen molar-refractivity contribution in [1.29, 1.82) is 0 Å². The van der Waals surface area contributed by atoms with Crippen molar-refractivity contribution in [2.45, 2.75) is 0 Å². The van der Waals surface area contributed by atoms with Crippen molar-refractivity contribution in [3.63, 3.8) is 0 Å². The third-order valence-electron chi connectivity index (χ3n) is 11.4. The van der Waals surface area contributed by atoms with Crippen LogP contribution >= 0.6 is 0 Å². The molecule has 10 aromatic rings. The Morgan fingerprint density at radius 1 is 0.286 bits per heavy atom. The highest BCUT2D eigenvalue weighted by Crippen LogP contribution is 2.55. The van der Waals surface area contributed by atoms with Crippen molar-refractivity contribution < 1.29 is 9.47 Å². The van der Waals surface area contributed by atoms with Crippen molar-refractivity contribution >= 4 is 77.2 Å². The molecule has 0 bridgehead atoms. The van der Waals surface area contributed by atoms with E-state index in [2.05, 4.69) is 198 Å². The highest BCUT2D eigenvalue weighted by atomic mass is 16.5. The van der Waals surface area contributed by atoms with Gasteiger partial charge < -0.3 is 19.3 Å². The molecule has 10 aromatic carbocycles. The van der Waals surface area contributed by atoms with Crippen molar-refractivity contribution in [3.8, 4) is 34.1 Å². The van der Waals surface area contributed by atoms with Crippen LogP contribution in [0.5, 0.6) is 23.0 Å². The first-order valence-electron chi connectivity index (χ1n) is 19.0. The van der Waals surface area contributed by atoms with E-state index in [1.165, 1.54) is 32.3 Å².